The van der Waals surface area contributed by atoms with E-state index in [2.05, 4.69) is 5.32 Å². The minimum absolute atomic E-state index is 0.0282. The molecule has 19 heavy (non-hydrogen) atoms. The van der Waals surface area contributed by atoms with E-state index in [1.165, 1.54) is 18.2 Å². The number of anilines is 2. The topological polar surface area (TPSA) is 102 Å². The van der Waals surface area contributed by atoms with Gasteiger partial charge in [-0.15, -0.1) is 0 Å². The van der Waals surface area contributed by atoms with Crippen LogP contribution in [-0.4, -0.2) is 29.7 Å². The molecule has 102 valence electrons. The maximum absolute atomic E-state index is 11.8. The number of nitrogens with two attached hydrogens (primary N) is 1. The number of aromatic carboxylic acids is 1. The molecule has 6 heteroatoms. The Morgan fingerprint density at radius 2 is 2.26 bits per heavy atom. The molecule has 1 aromatic rings. The first-order valence-corrected chi connectivity index (χ1v) is 6.10. The highest BCUT2D eigenvalue weighted by Gasteiger charge is 2.19. The van der Waals surface area contributed by atoms with E-state index < -0.39 is 5.97 Å². The van der Waals surface area contributed by atoms with E-state index in [1.54, 1.807) is 0 Å². The van der Waals surface area contributed by atoms with E-state index in [1.807, 2.05) is 0 Å². The quantitative estimate of drug-likeness (QED) is 0.715. The summed E-state index contributed by atoms with van der Waals surface area (Å²) in [5.74, 6) is -1.23. The van der Waals surface area contributed by atoms with Crippen LogP contribution in [0.3, 0.4) is 0 Å². The van der Waals surface area contributed by atoms with Gasteiger partial charge in [-0.1, -0.05) is 0 Å². The van der Waals surface area contributed by atoms with Gasteiger partial charge in [-0.25, -0.2) is 4.79 Å². The largest absolute Gasteiger partial charge is 0.478 e. The summed E-state index contributed by atoms with van der Waals surface area (Å²) in [7, 11) is 0. The predicted octanol–water partition coefficient (Wildman–Crippen LogP) is 1.47. The third kappa shape index (κ3) is 3.45. The van der Waals surface area contributed by atoms with E-state index in [-0.39, 0.29) is 23.3 Å². The summed E-state index contributed by atoms with van der Waals surface area (Å²) >= 11 is 0. The molecule has 1 atom stereocenters. The highest BCUT2D eigenvalue weighted by molar-refractivity contribution is 5.96. The molecule has 1 aromatic carbocycles. The zero-order chi connectivity index (χ0) is 13.8. The number of carbonyl (C=O) groups is 2. The van der Waals surface area contributed by atoms with Crippen molar-refractivity contribution in [1.82, 2.24) is 0 Å². The summed E-state index contributed by atoms with van der Waals surface area (Å²) in [4.78, 5) is 22.5. The van der Waals surface area contributed by atoms with Crippen molar-refractivity contribution in [1.29, 1.82) is 0 Å². The van der Waals surface area contributed by atoms with Gasteiger partial charge in [0.15, 0.2) is 0 Å². The molecule has 6 nitrogen and oxygen atoms in total. The molecule has 2 rings (SSSR count). The summed E-state index contributed by atoms with van der Waals surface area (Å²) in [6.07, 6.45) is 2.13. The smallest absolute Gasteiger partial charge is 0.335 e. The number of carboxylic acid groups (broad SMARTS) is 1. The second-order valence-electron chi connectivity index (χ2n) is 4.49. The van der Waals surface area contributed by atoms with Crippen LogP contribution < -0.4 is 11.1 Å². The van der Waals surface area contributed by atoms with Crippen LogP contribution in [0.4, 0.5) is 11.4 Å². The van der Waals surface area contributed by atoms with E-state index in [0.29, 0.717) is 18.7 Å². The number of ether oxygens (including phenoxy) is 1. The number of hydrogen-bond acceptors (Lipinski definition) is 4. The molecule has 0 saturated carbocycles. The van der Waals surface area contributed by atoms with Gasteiger partial charge in [0.2, 0.25) is 5.91 Å². The lowest BCUT2D eigenvalue weighted by atomic mass is 10.1. The maximum atomic E-state index is 11.8. The number of carboxylic acids is 1. The van der Waals surface area contributed by atoms with Gasteiger partial charge in [0.25, 0.3) is 0 Å². The van der Waals surface area contributed by atoms with E-state index >= 15 is 0 Å². The molecule has 0 aliphatic carbocycles. The number of carbonyl (C=O) groups excluding carboxylic acids is 1. The highest BCUT2D eigenvalue weighted by atomic mass is 16.5. The number of hydrogen-bond donors (Lipinski definition) is 3. The molecule has 1 saturated heterocycles. The van der Waals surface area contributed by atoms with Crippen molar-refractivity contribution in [2.75, 3.05) is 17.7 Å². The third-order valence-electron chi connectivity index (χ3n) is 3.01. The Morgan fingerprint density at radius 1 is 1.47 bits per heavy atom. The number of nitrogen functional groups attached to an aromatic ring is 1. The van der Waals surface area contributed by atoms with Crippen molar-refractivity contribution in [2.45, 2.75) is 25.4 Å². The van der Waals surface area contributed by atoms with Crippen LogP contribution >= 0.6 is 0 Å². The van der Waals surface area contributed by atoms with Crippen molar-refractivity contribution in [3.8, 4) is 0 Å². The van der Waals surface area contributed by atoms with Crippen LogP contribution in [0.2, 0.25) is 0 Å². The zero-order valence-corrected chi connectivity index (χ0v) is 10.4. The van der Waals surface area contributed by atoms with Crippen LogP contribution in [-0.2, 0) is 9.53 Å². The number of nitrogens with one attached hydrogen (secondary N) is 1. The SMILES string of the molecule is Nc1cc(C(=O)O)ccc1NC(=O)CC1CCCO1. The number of benzene rings is 1. The summed E-state index contributed by atoms with van der Waals surface area (Å²) in [5.41, 5.74) is 6.46. The molecular weight excluding hydrogens is 248 g/mol. The first-order valence-electron chi connectivity index (χ1n) is 6.10. The van der Waals surface area contributed by atoms with Crippen LogP contribution in [0, 0.1) is 0 Å². The second kappa shape index (κ2) is 5.71. The summed E-state index contributed by atoms with van der Waals surface area (Å²) in [6, 6.07) is 4.22. The fourth-order valence-electron chi connectivity index (χ4n) is 2.02. The predicted molar refractivity (Wildman–Crippen MR) is 70.0 cm³/mol. The van der Waals surface area contributed by atoms with E-state index in [4.69, 9.17) is 15.6 Å². The maximum Gasteiger partial charge on any atom is 0.335 e. The normalized spacial score (nSPS) is 18.2. The van der Waals surface area contributed by atoms with E-state index in [9.17, 15) is 9.59 Å². The van der Waals surface area contributed by atoms with Gasteiger partial charge in [-0.2, -0.15) is 0 Å². The molecular formula is C13H16N2O4. The monoisotopic (exact) mass is 264 g/mol. The standard InChI is InChI=1S/C13H16N2O4/c14-10-6-8(13(17)18)3-4-11(10)15-12(16)7-9-2-1-5-19-9/h3-4,6,9H,1-2,5,7,14H2,(H,15,16)(H,17,18). The van der Waals surface area contributed by atoms with Gasteiger partial charge in [0, 0.05) is 6.61 Å². The van der Waals surface area contributed by atoms with Crippen LogP contribution in [0.5, 0.6) is 0 Å². The third-order valence-corrected chi connectivity index (χ3v) is 3.01. The Balaban J connectivity index is 1.98. The molecule has 0 bridgehead atoms. The molecule has 1 aliphatic rings. The summed E-state index contributed by atoms with van der Waals surface area (Å²) in [5, 5.41) is 11.5. The van der Waals surface area contributed by atoms with Crippen LogP contribution in [0.15, 0.2) is 18.2 Å². The van der Waals surface area contributed by atoms with Crippen LogP contribution in [0.1, 0.15) is 29.6 Å². The Bertz CT molecular complexity index is 495. The second-order valence-corrected chi connectivity index (χ2v) is 4.49. The first-order chi connectivity index (χ1) is 9.06. The molecule has 1 aliphatic heterocycles. The molecule has 0 aromatic heterocycles. The molecule has 0 radical (unpaired) electrons. The molecule has 1 amide bonds. The zero-order valence-electron chi connectivity index (χ0n) is 10.4. The number of rotatable bonds is 4. The molecule has 1 unspecified atom stereocenters. The van der Waals surface area contributed by atoms with Gasteiger partial charge >= 0.3 is 5.97 Å². The molecule has 0 spiro atoms. The fourth-order valence-corrected chi connectivity index (χ4v) is 2.02. The van der Waals surface area contributed by atoms with E-state index in [0.717, 1.165) is 12.8 Å². The Morgan fingerprint density at radius 3 is 2.84 bits per heavy atom. The van der Waals surface area contributed by atoms with Crippen molar-refractivity contribution in [3.63, 3.8) is 0 Å². The number of amides is 1. The molecule has 4 N–H and O–H groups in total. The first kappa shape index (κ1) is 13.4. The Labute approximate surface area is 110 Å². The van der Waals surface area contributed by atoms with Gasteiger partial charge < -0.3 is 20.9 Å². The van der Waals surface area contributed by atoms with Crippen molar-refractivity contribution < 1.29 is 19.4 Å². The highest BCUT2D eigenvalue weighted by Crippen LogP contribution is 2.21. The lowest BCUT2D eigenvalue weighted by Gasteiger charge is -2.11. The molecule has 1 fully saturated rings. The summed E-state index contributed by atoms with van der Waals surface area (Å²) < 4.78 is 5.37. The fraction of sp³-hybridized carbons (Fsp3) is 0.385. The van der Waals surface area contributed by atoms with Gasteiger partial charge in [-0.3, -0.25) is 4.79 Å². The van der Waals surface area contributed by atoms with Crippen LogP contribution in [0.25, 0.3) is 0 Å². The Hall–Kier alpha value is -2.08. The van der Waals surface area contributed by atoms with Crippen molar-refractivity contribution in [3.05, 3.63) is 23.8 Å². The van der Waals surface area contributed by atoms with Crippen molar-refractivity contribution >= 4 is 23.3 Å². The average Bonchev–Trinajstić information content (AvgIpc) is 2.84. The lowest BCUT2D eigenvalue weighted by molar-refractivity contribution is -0.118. The molecule has 1 heterocycles. The minimum Gasteiger partial charge on any atom is -0.478 e. The summed E-state index contributed by atoms with van der Waals surface area (Å²) in [6.45, 7) is 0.702. The van der Waals surface area contributed by atoms with Gasteiger partial charge in [0.05, 0.1) is 29.5 Å². The minimum atomic E-state index is -1.05. The van der Waals surface area contributed by atoms with Crippen molar-refractivity contribution in [2.24, 2.45) is 0 Å². The Kier molecular flexibility index (Phi) is 4.01. The van der Waals surface area contributed by atoms with Gasteiger partial charge in [-0.05, 0) is 31.0 Å². The van der Waals surface area contributed by atoms with Gasteiger partial charge in [0.1, 0.15) is 0 Å². The lowest BCUT2D eigenvalue weighted by Crippen LogP contribution is -2.20. The average molecular weight is 264 g/mol.